The highest BCUT2D eigenvalue weighted by Gasteiger charge is 2.32. The lowest BCUT2D eigenvalue weighted by atomic mass is 9.91. The van der Waals surface area contributed by atoms with E-state index >= 15 is 0 Å². The summed E-state index contributed by atoms with van der Waals surface area (Å²) in [7, 11) is 0. The smallest absolute Gasteiger partial charge is 0.239 e. The molecule has 116 valence electrons. The minimum Gasteiger partial charge on any atom is -0.339 e. The topological polar surface area (TPSA) is 35.6 Å². The minimum absolute atomic E-state index is 0. The van der Waals surface area contributed by atoms with E-state index in [0.717, 1.165) is 45.2 Å². The van der Waals surface area contributed by atoms with Gasteiger partial charge in [-0.25, -0.2) is 0 Å². The van der Waals surface area contributed by atoms with E-state index in [0.29, 0.717) is 11.8 Å². The van der Waals surface area contributed by atoms with Crippen LogP contribution in [0.5, 0.6) is 0 Å². The summed E-state index contributed by atoms with van der Waals surface area (Å²) < 4.78 is 0. The highest BCUT2D eigenvalue weighted by atomic mass is 35.5. The Morgan fingerprint density at radius 1 is 1.10 bits per heavy atom. The van der Waals surface area contributed by atoms with Gasteiger partial charge in [0.05, 0.1) is 6.04 Å². The molecule has 2 aliphatic heterocycles. The third-order valence-corrected chi connectivity index (χ3v) is 5.18. The summed E-state index contributed by atoms with van der Waals surface area (Å²) in [6, 6.07) is 0.907. The molecule has 2 atom stereocenters. The highest BCUT2D eigenvalue weighted by molar-refractivity contribution is 5.85. The summed E-state index contributed by atoms with van der Waals surface area (Å²) in [5.41, 5.74) is 0. The van der Waals surface area contributed by atoms with Gasteiger partial charge in [-0.15, -0.1) is 12.4 Å². The largest absolute Gasteiger partial charge is 0.339 e. The number of nitrogens with one attached hydrogen (secondary N) is 1. The maximum Gasteiger partial charge on any atom is 0.239 e. The van der Waals surface area contributed by atoms with Gasteiger partial charge in [0.1, 0.15) is 0 Å². The second-order valence-electron chi connectivity index (χ2n) is 6.58. The van der Waals surface area contributed by atoms with Gasteiger partial charge in [0.15, 0.2) is 0 Å². The molecule has 2 saturated heterocycles. The lowest BCUT2D eigenvalue weighted by Gasteiger charge is -2.44. The molecule has 0 aromatic heterocycles. The highest BCUT2D eigenvalue weighted by Crippen LogP contribution is 2.26. The SMILES string of the molecule is CC1CCNC(C(=O)N2CCN(C3CCC3)CC2)C1.Cl. The van der Waals surface area contributed by atoms with Crippen LogP contribution in [0.3, 0.4) is 0 Å². The maximum absolute atomic E-state index is 12.5. The van der Waals surface area contributed by atoms with Crippen LogP contribution in [-0.2, 0) is 4.79 Å². The Kier molecular flexibility index (Phi) is 5.70. The normalized spacial score (nSPS) is 32.4. The van der Waals surface area contributed by atoms with Crippen LogP contribution in [0.2, 0.25) is 0 Å². The van der Waals surface area contributed by atoms with E-state index in [1.165, 1.54) is 25.7 Å². The zero-order valence-electron chi connectivity index (χ0n) is 12.5. The molecule has 3 aliphatic rings. The summed E-state index contributed by atoms with van der Waals surface area (Å²) in [5.74, 6) is 1.03. The number of rotatable bonds is 2. The van der Waals surface area contributed by atoms with Gasteiger partial charge in [-0.2, -0.15) is 0 Å². The Morgan fingerprint density at radius 3 is 2.35 bits per heavy atom. The first-order valence-electron chi connectivity index (χ1n) is 8.00. The van der Waals surface area contributed by atoms with Crippen molar-refractivity contribution in [2.75, 3.05) is 32.7 Å². The summed E-state index contributed by atoms with van der Waals surface area (Å²) in [4.78, 5) is 17.2. The van der Waals surface area contributed by atoms with E-state index < -0.39 is 0 Å². The molecule has 3 rings (SSSR count). The van der Waals surface area contributed by atoms with Gasteiger partial charge in [-0.05, 0) is 38.1 Å². The van der Waals surface area contributed by atoms with Crippen molar-refractivity contribution in [1.82, 2.24) is 15.1 Å². The van der Waals surface area contributed by atoms with Crippen LogP contribution in [0.25, 0.3) is 0 Å². The second kappa shape index (κ2) is 7.10. The average molecular weight is 302 g/mol. The van der Waals surface area contributed by atoms with Gasteiger partial charge < -0.3 is 10.2 Å². The van der Waals surface area contributed by atoms with Crippen molar-refractivity contribution < 1.29 is 4.79 Å². The van der Waals surface area contributed by atoms with Gasteiger partial charge >= 0.3 is 0 Å². The molecule has 0 spiro atoms. The summed E-state index contributed by atoms with van der Waals surface area (Å²) >= 11 is 0. The van der Waals surface area contributed by atoms with Gasteiger partial charge in [-0.3, -0.25) is 9.69 Å². The average Bonchev–Trinajstić information content (AvgIpc) is 2.37. The summed E-state index contributed by atoms with van der Waals surface area (Å²) in [5, 5.41) is 3.40. The molecule has 0 bridgehead atoms. The molecule has 4 nitrogen and oxygen atoms in total. The first-order chi connectivity index (χ1) is 9.24. The Hall–Kier alpha value is -0.320. The van der Waals surface area contributed by atoms with Crippen molar-refractivity contribution in [2.24, 2.45) is 5.92 Å². The van der Waals surface area contributed by atoms with Gasteiger partial charge in [0.25, 0.3) is 0 Å². The fourth-order valence-electron chi connectivity index (χ4n) is 3.58. The molecule has 1 N–H and O–H groups in total. The number of hydrogen-bond donors (Lipinski definition) is 1. The van der Waals surface area contributed by atoms with Crippen molar-refractivity contribution in [3.63, 3.8) is 0 Å². The molecule has 1 aliphatic carbocycles. The van der Waals surface area contributed by atoms with E-state index in [9.17, 15) is 4.79 Å². The molecular weight excluding hydrogens is 274 g/mol. The number of nitrogens with zero attached hydrogens (tertiary/aromatic N) is 2. The molecule has 2 heterocycles. The fraction of sp³-hybridized carbons (Fsp3) is 0.933. The zero-order valence-corrected chi connectivity index (χ0v) is 13.3. The monoisotopic (exact) mass is 301 g/mol. The summed E-state index contributed by atoms with van der Waals surface area (Å²) in [6.45, 7) is 7.29. The summed E-state index contributed by atoms with van der Waals surface area (Å²) in [6.07, 6.45) is 6.36. The molecule has 0 aromatic carbocycles. The van der Waals surface area contributed by atoms with Gasteiger partial charge in [-0.1, -0.05) is 13.3 Å². The van der Waals surface area contributed by atoms with Crippen molar-refractivity contribution in [3.8, 4) is 0 Å². The van der Waals surface area contributed by atoms with Crippen molar-refractivity contribution in [1.29, 1.82) is 0 Å². The fourth-order valence-corrected chi connectivity index (χ4v) is 3.58. The molecule has 5 heteroatoms. The van der Waals surface area contributed by atoms with E-state index in [-0.39, 0.29) is 18.4 Å². The number of carbonyl (C=O) groups excluding carboxylic acids is 1. The predicted octanol–water partition coefficient (Wildman–Crippen LogP) is 1.49. The lowest BCUT2D eigenvalue weighted by molar-refractivity contribution is -0.136. The third kappa shape index (κ3) is 3.46. The number of halogens is 1. The lowest BCUT2D eigenvalue weighted by Crippen LogP contribution is -2.57. The maximum atomic E-state index is 12.5. The number of amides is 1. The zero-order chi connectivity index (χ0) is 13.2. The molecule has 1 saturated carbocycles. The van der Waals surface area contributed by atoms with Crippen LogP contribution in [0.4, 0.5) is 0 Å². The molecule has 2 unspecified atom stereocenters. The number of piperidine rings is 1. The van der Waals surface area contributed by atoms with E-state index in [4.69, 9.17) is 0 Å². The molecule has 0 aromatic rings. The molecule has 1 amide bonds. The van der Waals surface area contributed by atoms with Crippen LogP contribution in [0.1, 0.15) is 39.0 Å². The Labute approximate surface area is 128 Å². The van der Waals surface area contributed by atoms with Crippen LogP contribution < -0.4 is 5.32 Å². The van der Waals surface area contributed by atoms with Crippen LogP contribution in [0.15, 0.2) is 0 Å². The van der Waals surface area contributed by atoms with Gasteiger partial charge in [0.2, 0.25) is 5.91 Å². The quantitative estimate of drug-likeness (QED) is 0.839. The Morgan fingerprint density at radius 2 is 1.80 bits per heavy atom. The van der Waals surface area contributed by atoms with E-state index in [2.05, 4.69) is 22.0 Å². The standard InChI is InChI=1S/C15H27N3O.ClH/c1-12-5-6-16-14(11-12)15(19)18-9-7-17(8-10-18)13-3-2-4-13;/h12-14,16H,2-11H2,1H3;1H. The van der Waals surface area contributed by atoms with E-state index in [1.54, 1.807) is 0 Å². The minimum atomic E-state index is 0. The Bertz CT molecular complexity index is 327. The number of hydrogen-bond acceptors (Lipinski definition) is 3. The third-order valence-electron chi connectivity index (χ3n) is 5.18. The second-order valence-corrected chi connectivity index (χ2v) is 6.58. The first-order valence-corrected chi connectivity index (χ1v) is 8.00. The molecule has 0 radical (unpaired) electrons. The van der Waals surface area contributed by atoms with Gasteiger partial charge in [0, 0.05) is 32.2 Å². The van der Waals surface area contributed by atoms with Crippen LogP contribution in [0, 0.1) is 5.92 Å². The number of carbonyl (C=O) groups is 1. The predicted molar refractivity (Wildman–Crippen MR) is 83.2 cm³/mol. The first kappa shape index (κ1) is 16.1. The molecular formula is C15H28ClN3O. The Balaban J connectivity index is 0.00000147. The molecule has 3 fully saturated rings. The molecule has 20 heavy (non-hydrogen) atoms. The van der Waals surface area contributed by atoms with E-state index in [1.807, 2.05) is 0 Å². The number of piperazine rings is 1. The van der Waals surface area contributed by atoms with Crippen LogP contribution >= 0.6 is 12.4 Å². The van der Waals surface area contributed by atoms with Crippen LogP contribution in [-0.4, -0.2) is 60.5 Å². The van der Waals surface area contributed by atoms with Crippen molar-refractivity contribution in [2.45, 2.75) is 51.1 Å². The van der Waals surface area contributed by atoms with Crippen molar-refractivity contribution >= 4 is 18.3 Å². The van der Waals surface area contributed by atoms with Crippen molar-refractivity contribution in [3.05, 3.63) is 0 Å².